The second-order valence-corrected chi connectivity index (χ2v) is 20.0. The van der Waals surface area contributed by atoms with Crippen molar-refractivity contribution in [2.45, 2.75) is 167 Å². The van der Waals surface area contributed by atoms with Gasteiger partial charge in [0, 0.05) is 31.2 Å². The Morgan fingerprint density at radius 1 is 0.727 bits per heavy atom. The summed E-state index contributed by atoms with van der Waals surface area (Å²) in [6.45, 7) is 17.6. The Morgan fingerprint density at radius 2 is 1.32 bits per heavy atom. The summed E-state index contributed by atoms with van der Waals surface area (Å²) in [5, 5.41) is 11.9. The van der Waals surface area contributed by atoms with Gasteiger partial charge in [0.2, 0.25) is 23.6 Å². The fourth-order valence-corrected chi connectivity index (χ4v) is 7.62. The Kier molecular flexibility index (Phi) is 17.3. The number of aromatic nitrogens is 1. The maximum Gasteiger partial charge on any atom is 0.397 e. The Bertz CT molecular complexity index is 2230. The Labute approximate surface area is 387 Å². The van der Waals surface area contributed by atoms with Crippen molar-refractivity contribution in [1.82, 2.24) is 25.8 Å². The molecule has 0 saturated heterocycles. The fraction of sp³-hybridized carbons (Fsp3) is 0.551. The van der Waals surface area contributed by atoms with Crippen LogP contribution in [0.15, 0.2) is 54.7 Å². The molecule has 6 N–H and O–H groups in total. The predicted octanol–water partition coefficient (Wildman–Crippen LogP) is 4.47. The Hall–Kier alpha value is -6.26. The molecule has 5 amide bonds. The Morgan fingerprint density at radius 3 is 1.88 bits per heavy atom. The van der Waals surface area contributed by atoms with Gasteiger partial charge in [0.15, 0.2) is 5.92 Å². The number of amides is 5. The van der Waals surface area contributed by atoms with Crippen LogP contribution < -0.4 is 27.0 Å². The number of hydrogen-bond donors (Lipinski definition) is 5. The number of hydrogen-bond acceptors (Lipinski definition) is 11. The van der Waals surface area contributed by atoms with E-state index in [2.05, 4.69) is 31.9 Å². The largest absolute Gasteiger partial charge is 0.459 e. The lowest BCUT2D eigenvalue weighted by Gasteiger charge is -2.38. The van der Waals surface area contributed by atoms with Gasteiger partial charge in [0.25, 0.3) is 0 Å². The van der Waals surface area contributed by atoms with E-state index in [1.54, 1.807) is 74.4 Å². The topological polar surface area (TPSA) is 243 Å². The van der Waals surface area contributed by atoms with Crippen LogP contribution in [0.2, 0.25) is 0 Å². The molecule has 2 atom stereocenters. The Balaban J connectivity index is 1.56. The third kappa shape index (κ3) is 15.7. The monoisotopic (exact) mass is 916 g/mol. The number of carbonyl (C=O) groups excluding carboxylic acids is 8. The van der Waals surface area contributed by atoms with Crippen molar-refractivity contribution < 1.29 is 52.6 Å². The highest BCUT2D eigenvalue weighted by atomic mass is 16.6. The lowest BCUT2D eigenvalue weighted by atomic mass is 9.80. The van der Waals surface area contributed by atoms with Crippen molar-refractivity contribution in [3.8, 4) is 0 Å². The average Bonchev–Trinajstić information content (AvgIpc) is 3.59. The van der Waals surface area contributed by atoms with E-state index in [1.807, 2.05) is 31.3 Å². The van der Waals surface area contributed by atoms with E-state index in [9.17, 15) is 38.4 Å². The number of aryl methyl sites for hydroxylation is 2. The molecule has 1 aliphatic carbocycles. The molecule has 66 heavy (non-hydrogen) atoms. The molecule has 17 heteroatoms. The summed E-state index contributed by atoms with van der Waals surface area (Å²) < 4.78 is 18.5. The first-order chi connectivity index (χ1) is 30.6. The summed E-state index contributed by atoms with van der Waals surface area (Å²) in [4.78, 5) is 107. The molecule has 0 unspecified atom stereocenters. The zero-order valence-corrected chi connectivity index (χ0v) is 40.0. The molecule has 1 aliphatic rings. The van der Waals surface area contributed by atoms with E-state index in [0.29, 0.717) is 31.4 Å². The molecule has 3 aromatic rings. The minimum Gasteiger partial charge on any atom is -0.459 e. The second-order valence-electron chi connectivity index (χ2n) is 20.0. The van der Waals surface area contributed by atoms with Gasteiger partial charge in [0.1, 0.15) is 34.4 Å². The number of rotatable bonds is 17. The molecular formula is C49H68N6O11. The van der Waals surface area contributed by atoms with Crippen LogP contribution in [-0.2, 0) is 65.5 Å². The third-order valence-electron chi connectivity index (χ3n) is 10.6. The highest BCUT2D eigenvalue weighted by Crippen LogP contribution is 2.30. The van der Waals surface area contributed by atoms with Gasteiger partial charge >= 0.3 is 23.8 Å². The van der Waals surface area contributed by atoms with Crippen LogP contribution >= 0.6 is 0 Å². The summed E-state index contributed by atoms with van der Waals surface area (Å²) in [5.74, 6) is -8.54. The maximum atomic E-state index is 14.4. The lowest BCUT2D eigenvalue weighted by Crippen LogP contribution is -2.65. The molecular weight excluding hydrogens is 849 g/mol. The van der Waals surface area contributed by atoms with Crippen molar-refractivity contribution in [2.24, 2.45) is 5.73 Å². The third-order valence-corrected chi connectivity index (χ3v) is 10.6. The van der Waals surface area contributed by atoms with Crippen LogP contribution in [0.4, 0.5) is 0 Å². The zero-order chi connectivity index (χ0) is 49.2. The zero-order valence-electron chi connectivity index (χ0n) is 40.0. The van der Waals surface area contributed by atoms with Gasteiger partial charge < -0.3 is 45.8 Å². The van der Waals surface area contributed by atoms with E-state index in [4.69, 9.17) is 19.9 Å². The van der Waals surface area contributed by atoms with E-state index in [1.165, 1.54) is 12.1 Å². The van der Waals surface area contributed by atoms with Crippen molar-refractivity contribution in [3.05, 3.63) is 71.4 Å². The second kappa shape index (κ2) is 21.8. The number of nitrogens with one attached hydrogen (secondary N) is 4. The number of benzene rings is 2. The quantitative estimate of drug-likeness (QED) is 0.0416. The average molecular weight is 917 g/mol. The minimum atomic E-state index is -1.58. The number of esters is 3. The standard InChI is InChI=1S/C49H68N6O11/c1-30-15-20-36-33(27-30)21-26-55(36)25-14-24-51-39(57)35(29-37(50)56)53-45(63)49(22-12-11-13-23-49)54-40(58)34(52-41(59)44(62)66-48(8,9)10)28-31-16-18-32(19-17-31)38(42(60)64-46(2,3)4)43(61)65-47(5,6)7/h15-21,26-27,34-35,38H,11-14,22-25,28-29H2,1-10H3,(H2,50,56)(H,51,57)(H,52,59)(H,53,63)(H,54,58)/t34-,35-/m0/s1. The molecule has 0 bridgehead atoms. The van der Waals surface area contributed by atoms with E-state index >= 15 is 0 Å². The van der Waals surface area contributed by atoms with Crippen LogP contribution in [0.3, 0.4) is 0 Å². The molecule has 0 spiro atoms. The molecule has 360 valence electrons. The SMILES string of the molecule is Cc1ccc2c(ccn2CCCNC(=O)[C@H](CC(N)=O)NC(=O)C2(NC(=O)[C@H](Cc3ccc(C(C(=O)OC(C)(C)C)C(=O)OC(C)(C)C)cc3)NC(=O)C(=O)OC(C)(C)C)CCCCC2)c1. The van der Waals surface area contributed by atoms with Crippen LogP contribution in [0.1, 0.15) is 130 Å². The molecule has 0 aliphatic heterocycles. The minimum absolute atomic E-state index is 0.165. The predicted molar refractivity (Wildman–Crippen MR) is 246 cm³/mol. The molecule has 1 aromatic heterocycles. The maximum absolute atomic E-state index is 14.4. The van der Waals surface area contributed by atoms with Crippen molar-refractivity contribution in [3.63, 3.8) is 0 Å². The van der Waals surface area contributed by atoms with Crippen LogP contribution in [0.5, 0.6) is 0 Å². The van der Waals surface area contributed by atoms with E-state index in [-0.39, 0.29) is 31.4 Å². The molecule has 4 rings (SSSR count). The summed E-state index contributed by atoms with van der Waals surface area (Å²) in [6, 6.07) is 11.5. The molecule has 2 aromatic carbocycles. The first-order valence-corrected chi connectivity index (χ1v) is 22.5. The van der Waals surface area contributed by atoms with Gasteiger partial charge in [-0.2, -0.15) is 0 Å². The van der Waals surface area contributed by atoms with Crippen molar-refractivity contribution >= 4 is 58.3 Å². The molecule has 1 saturated carbocycles. The normalized spacial score (nSPS) is 14.9. The smallest absolute Gasteiger partial charge is 0.397 e. The number of carbonyl (C=O) groups is 8. The van der Waals surface area contributed by atoms with Crippen molar-refractivity contribution in [2.75, 3.05) is 6.54 Å². The molecule has 1 heterocycles. The number of fused-ring (bicyclic) bond motifs is 1. The van der Waals surface area contributed by atoms with Crippen molar-refractivity contribution in [1.29, 1.82) is 0 Å². The molecule has 0 radical (unpaired) electrons. The van der Waals surface area contributed by atoms with Crippen LogP contribution in [-0.4, -0.2) is 93.0 Å². The van der Waals surface area contributed by atoms with Gasteiger partial charge in [0.05, 0.1) is 6.42 Å². The summed E-state index contributed by atoms with van der Waals surface area (Å²) in [5.41, 5.74) is 4.00. The number of ether oxygens (including phenoxy) is 3. The van der Waals surface area contributed by atoms with E-state index in [0.717, 1.165) is 22.9 Å². The van der Waals surface area contributed by atoms with Gasteiger partial charge in [-0.15, -0.1) is 0 Å². The molecule has 17 nitrogen and oxygen atoms in total. The first kappa shape index (κ1) is 52.4. The first-order valence-electron chi connectivity index (χ1n) is 22.5. The summed E-state index contributed by atoms with van der Waals surface area (Å²) in [6.07, 6.45) is 3.95. The van der Waals surface area contributed by atoms with E-state index < -0.39 is 94.2 Å². The van der Waals surface area contributed by atoms with Gasteiger partial charge in [-0.25, -0.2) is 4.79 Å². The van der Waals surface area contributed by atoms with Crippen LogP contribution in [0, 0.1) is 6.92 Å². The van der Waals surface area contributed by atoms with Crippen LogP contribution in [0.25, 0.3) is 10.9 Å². The van der Waals surface area contributed by atoms with Gasteiger partial charge in [-0.3, -0.25) is 33.6 Å². The molecule has 1 fully saturated rings. The number of nitrogens with two attached hydrogens (primary N) is 1. The summed E-state index contributed by atoms with van der Waals surface area (Å²) >= 11 is 0. The fourth-order valence-electron chi connectivity index (χ4n) is 7.62. The highest BCUT2D eigenvalue weighted by Gasteiger charge is 2.44. The van der Waals surface area contributed by atoms with Gasteiger partial charge in [-0.05, 0) is 123 Å². The highest BCUT2D eigenvalue weighted by molar-refractivity contribution is 6.33. The lowest BCUT2D eigenvalue weighted by molar-refractivity contribution is -0.169. The number of primary amides is 1. The summed E-state index contributed by atoms with van der Waals surface area (Å²) in [7, 11) is 0. The number of nitrogens with zero attached hydrogens (tertiary/aromatic N) is 1. The van der Waals surface area contributed by atoms with Gasteiger partial charge in [-0.1, -0.05) is 55.2 Å².